The maximum Gasteiger partial charge on any atom is 0.355 e. The van der Waals surface area contributed by atoms with Crippen molar-refractivity contribution in [3.05, 3.63) is 71.7 Å². The van der Waals surface area contributed by atoms with Crippen molar-refractivity contribution in [3.63, 3.8) is 0 Å². The number of anilines is 2. The monoisotopic (exact) mass is 572 g/mol. The first kappa shape index (κ1) is 27.5. The van der Waals surface area contributed by atoms with Gasteiger partial charge in [0.25, 0.3) is 10.0 Å². The second kappa shape index (κ2) is 10.8. The predicted octanol–water partition coefficient (Wildman–Crippen LogP) is 4.84. The van der Waals surface area contributed by atoms with Crippen molar-refractivity contribution >= 4 is 38.0 Å². The number of alkyl halides is 2. The fraction of sp³-hybridized carbons (Fsp3) is 0.259. The third-order valence-corrected chi connectivity index (χ3v) is 7.62. The highest BCUT2D eigenvalue weighted by atomic mass is 32.2. The van der Waals surface area contributed by atoms with Crippen LogP contribution in [0.2, 0.25) is 0 Å². The lowest BCUT2D eigenvalue weighted by Crippen LogP contribution is -2.21. The largest absolute Gasteiger partial charge is 0.484 e. The van der Waals surface area contributed by atoms with Crippen molar-refractivity contribution in [2.45, 2.75) is 25.2 Å². The lowest BCUT2D eigenvalue weighted by atomic mass is 10.00. The molecule has 1 aliphatic rings. The van der Waals surface area contributed by atoms with E-state index in [1.54, 1.807) is 24.9 Å². The van der Waals surface area contributed by atoms with E-state index < -0.39 is 27.7 Å². The molecule has 3 heterocycles. The van der Waals surface area contributed by atoms with E-state index in [-0.39, 0.29) is 17.3 Å². The molecule has 4 N–H and O–H groups in total. The zero-order valence-electron chi connectivity index (χ0n) is 21.7. The van der Waals surface area contributed by atoms with Gasteiger partial charge >= 0.3 is 5.76 Å². The number of nitrogens with one attached hydrogen (secondary N) is 2. The Labute approximate surface area is 228 Å². The number of nitrogen functional groups attached to an aromatic ring is 1. The SMILES string of the molecule is C[C@H](Oc1cc(-c2nn(C)c3c(C4=CCCNC4)cnc(N)c23)ccc1NS(=O)(=O)C(F)F)c1ccc(F)cc1. The third kappa shape index (κ3) is 5.34. The second-order valence-electron chi connectivity index (χ2n) is 9.38. The fourth-order valence-corrected chi connectivity index (χ4v) is 5.23. The number of nitrogens with zero attached hydrogens (tertiary/aromatic N) is 3. The molecule has 0 spiro atoms. The minimum absolute atomic E-state index is 0.0285. The maximum absolute atomic E-state index is 13.4. The number of pyridine rings is 1. The highest BCUT2D eigenvalue weighted by Gasteiger charge is 2.27. The van der Waals surface area contributed by atoms with Crippen molar-refractivity contribution in [2.24, 2.45) is 7.05 Å². The van der Waals surface area contributed by atoms with Gasteiger partial charge in [-0.05, 0) is 55.3 Å². The number of halogens is 3. The van der Waals surface area contributed by atoms with Gasteiger partial charge in [-0.25, -0.2) is 17.8 Å². The van der Waals surface area contributed by atoms with Gasteiger partial charge in [0.05, 0.1) is 16.6 Å². The third-order valence-electron chi connectivity index (χ3n) is 6.65. The van der Waals surface area contributed by atoms with Crippen LogP contribution >= 0.6 is 0 Å². The smallest absolute Gasteiger partial charge is 0.355 e. The number of sulfonamides is 1. The van der Waals surface area contributed by atoms with E-state index >= 15 is 0 Å². The minimum atomic E-state index is -4.99. The Morgan fingerprint density at radius 1 is 1.18 bits per heavy atom. The summed E-state index contributed by atoms with van der Waals surface area (Å²) in [7, 11) is -3.20. The van der Waals surface area contributed by atoms with E-state index in [1.165, 1.54) is 42.5 Å². The van der Waals surface area contributed by atoms with E-state index in [0.29, 0.717) is 28.8 Å². The quantitative estimate of drug-likeness (QED) is 0.276. The number of aryl methyl sites for hydroxylation is 1. The van der Waals surface area contributed by atoms with Gasteiger partial charge in [0.2, 0.25) is 0 Å². The molecular formula is C27H27F3N6O3S. The summed E-state index contributed by atoms with van der Waals surface area (Å²) in [4.78, 5) is 4.40. The Hall–Kier alpha value is -4.10. The molecule has 0 saturated carbocycles. The van der Waals surface area contributed by atoms with Crippen LogP contribution in [0.4, 0.5) is 24.7 Å². The Kier molecular flexibility index (Phi) is 7.43. The Bertz CT molecular complexity index is 1700. The summed E-state index contributed by atoms with van der Waals surface area (Å²) in [6.45, 7) is 3.22. The number of benzene rings is 2. The number of hydrogen-bond donors (Lipinski definition) is 3. The second-order valence-corrected chi connectivity index (χ2v) is 11.0. The molecule has 0 aliphatic carbocycles. The first-order valence-electron chi connectivity index (χ1n) is 12.4. The highest BCUT2D eigenvalue weighted by Crippen LogP contribution is 2.39. The molecule has 0 saturated heterocycles. The molecule has 1 atom stereocenters. The molecule has 2 aromatic carbocycles. The zero-order valence-corrected chi connectivity index (χ0v) is 22.5. The van der Waals surface area contributed by atoms with E-state index in [1.807, 2.05) is 4.72 Å². The standard InChI is InChI=1S/C27H27F3N6O3S/c1-15(16-5-8-19(28)9-6-16)39-22-12-17(7-10-21(22)35-40(37,38)27(29)30)24-23-25(36(2)34-24)20(14-33-26(23)31)18-4-3-11-32-13-18/h4-10,12,14-15,27,32,35H,3,11,13H2,1-2H3,(H2,31,33)/t15-/m0/s1. The van der Waals surface area contributed by atoms with E-state index in [4.69, 9.17) is 15.6 Å². The molecule has 0 unspecified atom stereocenters. The normalized spacial score (nSPS) is 14.8. The molecule has 40 heavy (non-hydrogen) atoms. The Morgan fingerprint density at radius 2 is 1.93 bits per heavy atom. The number of rotatable bonds is 8. The lowest BCUT2D eigenvalue weighted by molar-refractivity contribution is 0.228. The molecule has 5 rings (SSSR count). The van der Waals surface area contributed by atoms with Gasteiger partial charge in [-0.15, -0.1) is 0 Å². The van der Waals surface area contributed by atoms with Gasteiger partial charge in [0.15, 0.2) is 0 Å². The average Bonchev–Trinajstić information content (AvgIpc) is 3.28. The van der Waals surface area contributed by atoms with Gasteiger partial charge in [-0.1, -0.05) is 24.3 Å². The van der Waals surface area contributed by atoms with Gasteiger partial charge in [0.1, 0.15) is 29.2 Å². The zero-order chi connectivity index (χ0) is 28.6. The Balaban J connectivity index is 1.63. The van der Waals surface area contributed by atoms with Gasteiger partial charge in [0, 0.05) is 30.9 Å². The molecule has 0 bridgehead atoms. The summed E-state index contributed by atoms with van der Waals surface area (Å²) >= 11 is 0. The van der Waals surface area contributed by atoms with Crippen LogP contribution in [0, 0.1) is 5.82 Å². The molecule has 1 aliphatic heterocycles. The van der Waals surface area contributed by atoms with Crippen molar-refractivity contribution in [2.75, 3.05) is 23.5 Å². The van der Waals surface area contributed by atoms with E-state index in [0.717, 1.165) is 29.6 Å². The van der Waals surface area contributed by atoms with Crippen LogP contribution in [-0.4, -0.2) is 42.0 Å². The number of fused-ring (bicyclic) bond motifs is 1. The van der Waals surface area contributed by atoms with Crippen molar-refractivity contribution < 1.29 is 26.3 Å². The molecule has 9 nitrogen and oxygen atoms in total. The van der Waals surface area contributed by atoms with Crippen LogP contribution in [0.5, 0.6) is 5.75 Å². The number of aromatic nitrogens is 3. The molecule has 4 aromatic rings. The molecule has 210 valence electrons. The number of hydrogen-bond acceptors (Lipinski definition) is 7. The van der Waals surface area contributed by atoms with Crippen LogP contribution in [-0.2, 0) is 17.1 Å². The minimum Gasteiger partial charge on any atom is -0.484 e. The summed E-state index contributed by atoms with van der Waals surface area (Å²) in [6.07, 6.45) is 4.04. The maximum atomic E-state index is 13.4. The summed E-state index contributed by atoms with van der Waals surface area (Å²) in [5, 5.41) is 8.62. The molecule has 0 fully saturated rings. The number of nitrogens with two attached hydrogens (primary N) is 1. The van der Waals surface area contributed by atoms with Crippen molar-refractivity contribution in [1.82, 2.24) is 20.1 Å². The summed E-state index contributed by atoms with van der Waals surface area (Å²) in [5.41, 5.74) is 10.4. The van der Waals surface area contributed by atoms with Crippen LogP contribution < -0.4 is 20.5 Å². The summed E-state index contributed by atoms with van der Waals surface area (Å²) < 4.78 is 73.4. The van der Waals surface area contributed by atoms with Crippen LogP contribution in [0.25, 0.3) is 27.7 Å². The van der Waals surface area contributed by atoms with Crippen LogP contribution in [0.1, 0.15) is 30.6 Å². The van der Waals surface area contributed by atoms with E-state index in [2.05, 4.69) is 16.4 Å². The Morgan fingerprint density at radius 3 is 2.60 bits per heavy atom. The van der Waals surface area contributed by atoms with Crippen molar-refractivity contribution in [1.29, 1.82) is 0 Å². The number of ether oxygens (including phenoxy) is 1. The molecule has 0 radical (unpaired) electrons. The first-order chi connectivity index (χ1) is 19.0. The summed E-state index contributed by atoms with van der Waals surface area (Å²) in [6, 6.07) is 9.91. The van der Waals surface area contributed by atoms with Crippen LogP contribution in [0.15, 0.2) is 54.7 Å². The predicted molar refractivity (Wildman–Crippen MR) is 148 cm³/mol. The highest BCUT2D eigenvalue weighted by molar-refractivity contribution is 7.93. The molecule has 13 heteroatoms. The lowest BCUT2D eigenvalue weighted by Gasteiger charge is -2.19. The average molecular weight is 573 g/mol. The van der Waals surface area contributed by atoms with Gasteiger partial charge in [-0.3, -0.25) is 9.40 Å². The molecule has 2 aromatic heterocycles. The first-order valence-corrected chi connectivity index (χ1v) is 14.0. The van der Waals surface area contributed by atoms with Gasteiger partial charge < -0.3 is 15.8 Å². The van der Waals surface area contributed by atoms with Crippen molar-refractivity contribution in [3.8, 4) is 17.0 Å². The van der Waals surface area contributed by atoms with E-state index in [9.17, 15) is 21.6 Å². The molecule has 0 amide bonds. The topological polar surface area (TPSA) is 124 Å². The summed E-state index contributed by atoms with van der Waals surface area (Å²) in [5.74, 6) is -3.87. The molecular weight excluding hydrogens is 545 g/mol. The van der Waals surface area contributed by atoms with Gasteiger partial charge in [-0.2, -0.15) is 13.9 Å². The fourth-order valence-electron chi connectivity index (χ4n) is 4.66. The van der Waals surface area contributed by atoms with Crippen LogP contribution in [0.3, 0.4) is 0 Å².